The molecule has 0 aliphatic carbocycles. The van der Waals surface area contributed by atoms with Gasteiger partial charge in [-0.3, -0.25) is 4.68 Å². The predicted molar refractivity (Wildman–Crippen MR) is 71.1 cm³/mol. The SMILES string of the molecule is CCn1nc(CNC)cc1-c1ccc(C(F)(F)F)cc1. The van der Waals surface area contributed by atoms with E-state index < -0.39 is 11.7 Å². The van der Waals surface area contributed by atoms with Gasteiger partial charge in [0, 0.05) is 13.1 Å². The van der Waals surface area contributed by atoms with Gasteiger partial charge in [-0.05, 0) is 37.7 Å². The molecule has 0 aliphatic heterocycles. The fourth-order valence-electron chi connectivity index (χ4n) is 2.04. The van der Waals surface area contributed by atoms with Crippen molar-refractivity contribution in [2.75, 3.05) is 7.05 Å². The van der Waals surface area contributed by atoms with E-state index >= 15 is 0 Å². The third-order valence-corrected chi connectivity index (χ3v) is 3.00. The van der Waals surface area contributed by atoms with Crippen molar-refractivity contribution in [3.8, 4) is 11.3 Å². The molecule has 0 atom stereocenters. The molecule has 0 radical (unpaired) electrons. The zero-order chi connectivity index (χ0) is 14.8. The number of aryl methyl sites for hydroxylation is 1. The van der Waals surface area contributed by atoms with E-state index in [-0.39, 0.29) is 0 Å². The molecule has 1 heterocycles. The first-order valence-corrected chi connectivity index (χ1v) is 6.34. The maximum absolute atomic E-state index is 12.5. The second-order valence-electron chi connectivity index (χ2n) is 4.44. The normalized spacial score (nSPS) is 11.8. The van der Waals surface area contributed by atoms with Crippen LogP contribution in [0.4, 0.5) is 13.2 Å². The second kappa shape index (κ2) is 5.66. The van der Waals surface area contributed by atoms with Crippen molar-refractivity contribution in [3.63, 3.8) is 0 Å². The molecule has 1 N–H and O–H groups in total. The van der Waals surface area contributed by atoms with Crippen molar-refractivity contribution >= 4 is 0 Å². The lowest BCUT2D eigenvalue weighted by molar-refractivity contribution is -0.137. The highest BCUT2D eigenvalue weighted by Gasteiger charge is 2.30. The Morgan fingerprint density at radius 2 is 1.85 bits per heavy atom. The van der Waals surface area contributed by atoms with Crippen molar-refractivity contribution in [1.82, 2.24) is 15.1 Å². The van der Waals surface area contributed by atoms with E-state index in [0.717, 1.165) is 29.1 Å². The number of rotatable bonds is 4. The second-order valence-corrected chi connectivity index (χ2v) is 4.44. The van der Waals surface area contributed by atoms with Crippen LogP contribution in [0.25, 0.3) is 11.3 Å². The highest BCUT2D eigenvalue weighted by molar-refractivity contribution is 5.60. The summed E-state index contributed by atoms with van der Waals surface area (Å²) >= 11 is 0. The van der Waals surface area contributed by atoms with E-state index in [4.69, 9.17) is 0 Å². The first-order valence-electron chi connectivity index (χ1n) is 6.34. The van der Waals surface area contributed by atoms with Crippen LogP contribution in [0, 0.1) is 0 Å². The van der Waals surface area contributed by atoms with Gasteiger partial charge in [0.1, 0.15) is 0 Å². The molecule has 0 fully saturated rings. The molecule has 2 aromatic rings. The van der Waals surface area contributed by atoms with E-state index in [1.165, 1.54) is 12.1 Å². The summed E-state index contributed by atoms with van der Waals surface area (Å²) < 4.78 is 39.4. The van der Waals surface area contributed by atoms with E-state index in [2.05, 4.69) is 10.4 Å². The number of hydrogen-bond acceptors (Lipinski definition) is 2. The molecule has 0 bridgehead atoms. The van der Waals surface area contributed by atoms with Gasteiger partial charge in [0.25, 0.3) is 0 Å². The molecule has 0 unspecified atom stereocenters. The van der Waals surface area contributed by atoms with Gasteiger partial charge in [-0.15, -0.1) is 0 Å². The molecule has 0 aliphatic rings. The molecule has 3 nitrogen and oxygen atoms in total. The highest BCUT2D eigenvalue weighted by Crippen LogP contribution is 2.31. The molecule has 108 valence electrons. The van der Waals surface area contributed by atoms with Crippen LogP contribution in [-0.4, -0.2) is 16.8 Å². The Balaban J connectivity index is 2.36. The molecule has 1 aromatic carbocycles. The number of hydrogen-bond donors (Lipinski definition) is 1. The van der Waals surface area contributed by atoms with Gasteiger partial charge in [0.2, 0.25) is 0 Å². The maximum Gasteiger partial charge on any atom is 0.416 e. The topological polar surface area (TPSA) is 29.9 Å². The summed E-state index contributed by atoms with van der Waals surface area (Å²) in [6.45, 7) is 3.24. The number of halogens is 3. The summed E-state index contributed by atoms with van der Waals surface area (Å²) in [5, 5.41) is 7.40. The smallest absolute Gasteiger partial charge is 0.314 e. The number of nitrogens with zero attached hydrogens (tertiary/aromatic N) is 2. The van der Waals surface area contributed by atoms with Crippen LogP contribution >= 0.6 is 0 Å². The van der Waals surface area contributed by atoms with Crippen molar-refractivity contribution < 1.29 is 13.2 Å². The Labute approximate surface area is 115 Å². The Hall–Kier alpha value is -1.82. The summed E-state index contributed by atoms with van der Waals surface area (Å²) in [6, 6.07) is 7.05. The largest absolute Gasteiger partial charge is 0.416 e. The van der Waals surface area contributed by atoms with Crippen LogP contribution in [-0.2, 0) is 19.3 Å². The van der Waals surface area contributed by atoms with Crippen LogP contribution in [0.2, 0.25) is 0 Å². The number of benzene rings is 1. The van der Waals surface area contributed by atoms with Gasteiger partial charge in [-0.1, -0.05) is 12.1 Å². The van der Waals surface area contributed by atoms with E-state index in [9.17, 15) is 13.2 Å². The molecule has 0 spiro atoms. The lowest BCUT2D eigenvalue weighted by atomic mass is 10.1. The molecule has 0 saturated carbocycles. The maximum atomic E-state index is 12.5. The molecular formula is C14H16F3N3. The predicted octanol–water partition coefficient (Wildman–Crippen LogP) is 3.31. The molecule has 0 saturated heterocycles. The standard InChI is InChI=1S/C14H16F3N3/c1-3-20-13(8-12(19-20)9-18-2)10-4-6-11(7-5-10)14(15,16)17/h4-8,18H,3,9H2,1-2H3. The summed E-state index contributed by atoms with van der Waals surface area (Å²) in [5.74, 6) is 0. The zero-order valence-corrected chi connectivity index (χ0v) is 11.3. The number of alkyl halides is 3. The minimum atomic E-state index is -4.30. The zero-order valence-electron chi connectivity index (χ0n) is 11.3. The molecule has 1 aromatic heterocycles. The molecule has 20 heavy (non-hydrogen) atoms. The van der Waals surface area contributed by atoms with Gasteiger partial charge in [0.05, 0.1) is 17.0 Å². The number of nitrogens with one attached hydrogen (secondary N) is 1. The van der Waals surface area contributed by atoms with Crippen LogP contribution in [0.15, 0.2) is 30.3 Å². The van der Waals surface area contributed by atoms with E-state index in [1.807, 2.05) is 20.0 Å². The van der Waals surface area contributed by atoms with Gasteiger partial charge in [0.15, 0.2) is 0 Å². The minimum absolute atomic E-state index is 0.626. The summed E-state index contributed by atoms with van der Waals surface area (Å²) in [7, 11) is 1.82. The average Bonchev–Trinajstić information content (AvgIpc) is 2.81. The monoisotopic (exact) mass is 283 g/mol. The molecule has 6 heteroatoms. The van der Waals surface area contributed by atoms with Gasteiger partial charge in [-0.2, -0.15) is 18.3 Å². The minimum Gasteiger partial charge on any atom is -0.314 e. The third kappa shape index (κ3) is 3.01. The summed E-state index contributed by atoms with van der Waals surface area (Å²) in [6.07, 6.45) is -4.30. The molecule has 2 rings (SSSR count). The Morgan fingerprint density at radius 1 is 1.20 bits per heavy atom. The first-order chi connectivity index (χ1) is 9.45. The van der Waals surface area contributed by atoms with E-state index in [1.54, 1.807) is 4.68 Å². The lowest BCUT2D eigenvalue weighted by Crippen LogP contribution is -2.06. The van der Waals surface area contributed by atoms with E-state index in [0.29, 0.717) is 13.1 Å². The van der Waals surface area contributed by atoms with Gasteiger partial charge >= 0.3 is 6.18 Å². The van der Waals surface area contributed by atoms with Crippen LogP contribution in [0.1, 0.15) is 18.2 Å². The average molecular weight is 283 g/mol. The fourth-order valence-corrected chi connectivity index (χ4v) is 2.04. The van der Waals surface area contributed by atoms with Crippen molar-refractivity contribution in [2.24, 2.45) is 0 Å². The third-order valence-electron chi connectivity index (χ3n) is 3.00. The Morgan fingerprint density at radius 3 is 2.35 bits per heavy atom. The summed E-state index contributed by atoms with van der Waals surface area (Å²) in [4.78, 5) is 0. The van der Waals surface area contributed by atoms with Crippen LogP contribution < -0.4 is 5.32 Å². The molecular weight excluding hydrogens is 267 g/mol. The van der Waals surface area contributed by atoms with Crippen molar-refractivity contribution in [2.45, 2.75) is 26.2 Å². The van der Waals surface area contributed by atoms with Crippen LogP contribution in [0.5, 0.6) is 0 Å². The number of aromatic nitrogens is 2. The summed E-state index contributed by atoms with van der Waals surface area (Å²) in [5.41, 5.74) is 1.78. The molecule has 0 amide bonds. The Bertz CT molecular complexity index is 570. The van der Waals surface area contributed by atoms with Crippen molar-refractivity contribution in [3.05, 3.63) is 41.6 Å². The fraction of sp³-hybridized carbons (Fsp3) is 0.357. The Kier molecular flexibility index (Phi) is 4.13. The lowest BCUT2D eigenvalue weighted by Gasteiger charge is -2.08. The van der Waals surface area contributed by atoms with Crippen molar-refractivity contribution in [1.29, 1.82) is 0 Å². The quantitative estimate of drug-likeness (QED) is 0.933. The first kappa shape index (κ1) is 14.6. The van der Waals surface area contributed by atoms with Gasteiger partial charge in [-0.25, -0.2) is 0 Å². The van der Waals surface area contributed by atoms with Crippen LogP contribution in [0.3, 0.4) is 0 Å². The van der Waals surface area contributed by atoms with Gasteiger partial charge < -0.3 is 5.32 Å². The highest BCUT2D eigenvalue weighted by atomic mass is 19.4.